The molecule has 1 saturated heterocycles. The van der Waals surface area contributed by atoms with Crippen molar-refractivity contribution in [2.45, 2.75) is 6.54 Å². The van der Waals surface area contributed by atoms with Gasteiger partial charge in [0.15, 0.2) is 0 Å². The van der Waals surface area contributed by atoms with Gasteiger partial charge in [0.1, 0.15) is 28.2 Å². The number of hydrogen-bond acceptors (Lipinski definition) is 12. The maximum absolute atomic E-state index is 12.8. The molecule has 49 heavy (non-hydrogen) atoms. The molecule has 1 aliphatic heterocycles. The SMILES string of the molecule is COc1cc(OC)c(C#Cc2cc(CN3CCN(CC(=O)O)CCN(CC(=O)O)CCN(CC(=O)O)CC3)nc(P(C)(=O)O)c2)c(OC)c1. The highest BCUT2D eigenvalue weighted by molar-refractivity contribution is 7.65. The summed E-state index contributed by atoms with van der Waals surface area (Å²) in [5.41, 5.74) is 1.23. The van der Waals surface area contributed by atoms with Crippen LogP contribution >= 0.6 is 7.37 Å². The van der Waals surface area contributed by atoms with E-state index in [0.29, 0.717) is 60.2 Å². The number of hydrogen-bond donors (Lipinski definition) is 4. The summed E-state index contributed by atoms with van der Waals surface area (Å²) in [7, 11) is 0.659. The molecule has 1 unspecified atom stereocenters. The van der Waals surface area contributed by atoms with Crippen LogP contribution in [-0.2, 0) is 25.5 Å². The molecule has 0 amide bonds. The van der Waals surface area contributed by atoms with E-state index in [4.69, 9.17) is 14.2 Å². The Morgan fingerprint density at radius 2 is 1.14 bits per heavy atom. The lowest BCUT2D eigenvalue weighted by molar-refractivity contribution is -0.140. The maximum atomic E-state index is 12.8. The summed E-state index contributed by atoms with van der Waals surface area (Å²) >= 11 is 0. The maximum Gasteiger partial charge on any atom is 0.317 e. The van der Waals surface area contributed by atoms with Crippen molar-refractivity contribution in [2.75, 3.05) is 100.0 Å². The zero-order valence-corrected chi connectivity index (χ0v) is 29.0. The number of carboxylic acids is 3. The highest BCUT2D eigenvalue weighted by Gasteiger charge is 2.22. The normalized spacial score (nSPS) is 17.0. The summed E-state index contributed by atoms with van der Waals surface area (Å²) < 4.78 is 29.1. The van der Waals surface area contributed by atoms with E-state index in [0.717, 1.165) is 0 Å². The van der Waals surface area contributed by atoms with Crippen molar-refractivity contribution in [3.05, 3.63) is 41.1 Å². The molecule has 4 N–H and O–H groups in total. The van der Waals surface area contributed by atoms with Crippen molar-refractivity contribution in [3.8, 4) is 29.1 Å². The predicted molar refractivity (Wildman–Crippen MR) is 179 cm³/mol. The summed E-state index contributed by atoms with van der Waals surface area (Å²) in [6, 6.07) is 6.46. The average Bonchev–Trinajstić information content (AvgIpc) is 3.03. The van der Waals surface area contributed by atoms with Crippen molar-refractivity contribution >= 4 is 30.7 Å². The molecule has 16 nitrogen and oxygen atoms in total. The van der Waals surface area contributed by atoms with E-state index in [-0.39, 0.29) is 57.8 Å². The predicted octanol–water partition coefficient (Wildman–Crippen LogP) is 0.00810. The van der Waals surface area contributed by atoms with Gasteiger partial charge in [-0.2, -0.15) is 0 Å². The first kappa shape index (κ1) is 39.2. The Bertz CT molecular complexity index is 1530. The van der Waals surface area contributed by atoms with Crippen LogP contribution in [0.3, 0.4) is 0 Å². The summed E-state index contributed by atoms with van der Waals surface area (Å²) in [5, 5.41) is 28.4. The first-order chi connectivity index (χ1) is 23.2. The number of carbonyl (C=O) groups is 3. The van der Waals surface area contributed by atoms with Crippen LogP contribution in [0.4, 0.5) is 0 Å². The summed E-state index contributed by atoms with van der Waals surface area (Å²) in [6.45, 7) is 3.03. The van der Waals surface area contributed by atoms with Gasteiger partial charge in [-0.1, -0.05) is 11.8 Å². The molecule has 2 aromatic rings. The zero-order chi connectivity index (χ0) is 36.1. The van der Waals surface area contributed by atoms with Crippen molar-refractivity contribution in [1.82, 2.24) is 24.6 Å². The molecule has 0 aliphatic carbocycles. The van der Waals surface area contributed by atoms with Crippen LogP contribution in [-0.4, -0.2) is 163 Å². The van der Waals surface area contributed by atoms with Gasteiger partial charge >= 0.3 is 17.9 Å². The summed E-state index contributed by atoms with van der Waals surface area (Å²) in [5.74, 6) is 4.30. The van der Waals surface area contributed by atoms with Gasteiger partial charge in [-0.05, 0) is 12.1 Å². The Hall–Kier alpha value is -4.23. The Balaban J connectivity index is 1.98. The van der Waals surface area contributed by atoms with Crippen LogP contribution in [0, 0.1) is 11.8 Å². The Labute approximate surface area is 285 Å². The van der Waals surface area contributed by atoms with Crippen LogP contribution in [0.1, 0.15) is 16.8 Å². The largest absolute Gasteiger partial charge is 0.496 e. The number of aromatic nitrogens is 1. The van der Waals surface area contributed by atoms with E-state index in [1.807, 2.05) is 4.90 Å². The molecular weight excluding hydrogens is 661 g/mol. The minimum absolute atomic E-state index is 0.0455. The fourth-order valence-corrected chi connectivity index (χ4v) is 5.91. The molecule has 17 heteroatoms. The highest BCUT2D eigenvalue weighted by atomic mass is 31.2. The van der Waals surface area contributed by atoms with Gasteiger partial charge in [0.05, 0.1) is 46.7 Å². The van der Waals surface area contributed by atoms with Crippen LogP contribution < -0.4 is 19.6 Å². The molecule has 0 saturated carbocycles. The number of carboxylic acid groups (broad SMARTS) is 3. The minimum Gasteiger partial charge on any atom is -0.496 e. The number of benzene rings is 1. The molecule has 1 aliphatic rings. The fourth-order valence-electron chi connectivity index (χ4n) is 5.22. The third-order valence-electron chi connectivity index (χ3n) is 7.73. The van der Waals surface area contributed by atoms with Gasteiger partial charge < -0.3 is 34.4 Å². The number of ether oxygens (including phenoxy) is 3. The Morgan fingerprint density at radius 3 is 1.51 bits per heavy atom. The second-order valence-electron chi connectivity index (χ2n) is 11.5. The first-order valence-electron chi connectivity index (χ1n) is 15.4. The van der Waals surface area contributed by atoms with Crippen LogP contribution in [0.15, 0.2) is 24.3 Å². The van der Waals surface area contributed by atoms with E-state index in [1.165, 1.54) is 34.1 Å². The topological polar surface area (TPSA) is 203 Å². The first-order valence-corrected chi connectivity index (χ1v) is 17.5. The zero-order valence-electron chi connectivity index (χ0n) is 28.1. The molecule has 3 rings (SSSR count). The molecule has 268 valence electrons. The Morgan fingerprint density at radius 1 is 0.714 bits per heavy atom. The molecule has 2 heterocycles. The van der Waals surface area contributed by atoms with Crippen molar-refractivity contribution in [3.63, 3.8) is 0 Å². The van der Waals surface area contributed by atoms with Gasteiger partial charge in [0, 0.05) is 83.3 Å². The third kappa shape index (κ3) is 13.0. The lowest BCUT2D eigenvalue weighted by Crippen LogP contribution is -2.48. The quantitative estimate of drug-likeness (QED) is 0.170. The molecule has 0 radical (unpaired) electrons. The van der Waals surface area contributed by atoms with Gasteiger partial charge in [0.25, 0.3) is 0 Å². The van der Waals surface area contributed by atoms with E-state index in [1.54, 1.807) is 32.9 Å². The third-order valence-corrected chi connectivity index (χ3v) is 8.81. The second-order valence-corrected chi connectivity index (χ2v) is 13.7. The summed E-state index contributed by atoms with van der Waals surface area (Å²) in [4.78, 5) is 56.8. The van der Waals surface area contributed by atoms with E-state index in [2.05, 4.69) is 16.8 Å². The lowest BCUT2D eigenvalue weighted by Gasteiger charge is -2.33. The van der Waals surface area contributed by atoms with Crippen LogP contribution in [0.25, 0.3) is 0 Å². The van der Waals surface area contributed by atoms with Gasteiger partial charge in [-0.3, -0.25) is 38.5 Å². The fraction of sp³-hybridized carbons (Fsp3) is 0.500. The van der Waals surface area contributed by atoms with E-state index in [9.17, 15) is 39.2 Å². The molecule has 1 aromatic heterocycles. The Kier molecular flexibility index (Phi) is 14.8. The van der Waals surface area contributed by atoms with Gasteiger partial charge in [0.2, 0.25) is 7.37 Å². The second kappa shape index (κ2) is 18.5. The van der Waals surface area contributed by atoms with Crippen molar-refractivity contribution < 1.29 is 53.4 Å². The molecule has 0 bridgehead atoms. The van der Waals surface area contributed by atoms with E-state index >= 15 is 0 Å². The van der Waals surface area contributed by atoms with Gasteiger partial charge in [-0.25, -0.2) is 4.98 Å². The highest BCUT2D eigenvalue weighted by Crippen LogP contribution is 2.34. The molecular formula is C32H44N5O11P. The number of pyridine rings is 1. The molecule has 1 atom stereocenters. The number of aliphatic carboxylic acids is 3. The van der Waals surface area contributed by atoms with Gasteiger partial charge in [-0.15, -0.1) is 0 Å². The van der Waals surface area contributed by atoms with Crippen molar-refractivity contribution in [1.29, 1.82) is 0 Å². The van der Waals surface area contributed by atoms with Crippen molar-refractivity contribution in [2.24, 2.45) is 0 Å². The van der Waals surface area contributed by atoms with Crippen LogP contribution in [0.2, 0.25) is 0 Å². The average molecular weight is 706 g/mol. The lowest BCUT2D eigenvalue weighted by atomic mass is 10.1. The number of methoxy groups -OCH3 is 3. The molecule has 1 fully saturated rings. The standard InChI is InChI=1S/C32H44N5O11P/c1-46-25-17-27(47-2)26(28(18-25)48-3)6-5-23-15-24(33-29(16-23)49(4,44)45)19-34-7-9-35(20-30(38)39)11-13-37(22-32(42)43)14-12-36(10-8-34)21-31(40)41/h15-18H,7-14,19-22H2,1-4H3,(H,38,39)(H,40,41)(H,42,43)(H,44,45). The smallest absolute Gasteiger partial charge is 0.317 e. The monoisotopic (exact) mass is 705 g/mol. The molecule has 0 spiro atoms. The number of rotatable bonds is 12. The number of nitrogens with zero attached hydrogens (tertiary/aromatic N) is 5. The minimum atomic E-state index is -3.83. The molecule has 1 aromatic carbocycles. The van der Waals surface area contributed by atoms with Crippen LogP contribution in [0.5, 0.6) is 17.2 Å². The van der Waals surface area contributed by atoms with E-state index < -0.39 is 25.3 Å². The summed E-state index contributed by atoms with van der Waals surface area (Å²) in [6.07, 6.45) is 0.